The molecule has 0 aromatic rings. The van der Waals surface area contributed by atoms with Crippen molar-refractivity contribution in [3.63, 3.8) is 0 Å². The number of thioether (sulfide) groups is 1. The summed E-state index contributed by atoms with van der Waals surface area (Å²) in [4.78, 5) is 10.6. The largest absolute Gasteiger partial charge is 0.467 e. The Morgan fingerprint density at radius 1 is 1.73 bits per heavy atom. The Balaban J connectivity index is 3.36. The highest BCUT2D eigenvalue weighted by Gasteiger charge is 2.13. The summed E-state index contributed by atoms with van der Waals surface area (Å²) in [6.07, 6.45) is 2.39. The molecule has 0 aliphatic heterocycles. The Kier molecular flexibility index (Phi) is 6.36. The number of carbonyl (C=O) groups is 1. The van der Waals surface area contributed by atoms with E-state index >= 15 is 0 Å². The van der Waals surface area contributed by atoms with Crippen LogP contribution in [0, 0.1) is 0 Å². The van der Waals surface area contributed by atoms with Crippen molar-refractivity contribution in [1.82, 2.24) is 0 Å². The first-order valence-corrected chi connectivity index (χ1v) is 4.86. The lowest BCUT2D eigenvalue weighted by molar-refractivity contribution is -0.150. The number of ether oxygens (including phenoxy) is 1. The standard InChI is InChI=1S/C7H14O3S/c1-10-7(9)6(8)4-3-5-11-2/h6,8H,3-5H2,1-2H3. The number of hydrogen-bond acceptors (Lipinski definition) is 4. The van der Waals surface area contributed by atoms with Gasteiger partial charge in [0.1, 0.15) is 0 Å². The minimum atomic E-state index is -0.938. The van der Waals surface area contributed by atoms with Crippen LogP contribution in [-0.2, 0) is 9.53 Å². The summed E-state index contributed by atoms with van der Waals surface area (Å²) >= 11 is 1.70. The molecule has 0 heterocycles. The average molecular weight is 178 g/mol. The zero-order valence-electron chi connectivity index (χ0n) is 6.87. The van der Waals surface area contributed by atoms with E-state index < -0.39 is 12.1 Å². The molecule has 0 saturated heterocycles. The highest BCUT2D eigenvalue weighted by Crippen LogP contribution is 2.03. The van der Waals surface area contributed by atoms with Crippen LogP contribution in [0.1, 0.15) is 12.8 Å². The molecule has 0 saturated carbocycles. The van der Waals surface area contributed by atoms with E-state index in [1.807, 2.05) is 6.26 Å². The molecule has 1 atom stereocenters. The van der Waals surface area contributed by atoms with Crippen LogP contribution >= 0.6 is 11.8 Å². The van der Waals surface area contributed by atoms with Crippen molar-refractivity contribution in [3.8, 4) is 0 Å². The van der Waals surface area contributed by atoms with Crippen LogP contribution in [0.2, 0.25) is 0 Å². The Morgan fingerprint density at radius 3 is 2.82 bits per heavy atom. The van der Waals surface area contributed by atoms with E-state index in [1.165, 1.54) is 7.11 Å². The molecule has 0 aromatic heterocycles. The van der Waals surface area contributed by atoms with E-state index in [4.69, 9.17) is 5.11 Å². The molecule has 11 heavy (non-hydrogen) atoms. The first kappa shape index (κ1) is 10.8. The zero-order valence-corrected chi connectivity index (χ0v) is 7.69. The van der Waals surface area contributed by atoms with Gasteiger partial charge in [-0.3, -0.25) is 0 Å². The van der Waals surface area contributed by atoms with E-state index in [9.17, 15) is 4.79 Å². The van der Waals surface area contributed by atoms with Crippen LogP contribution in [-0.4, -0.2) is 36.3 Å². The van der Waals surface area contributed by atoms with Crippen molar-refractivity contribution < 1.29 is 14.6 Å². The Hall–Kier alpha value is -0.220. The lowest BCUT2D eigenvalue weighted by Gasteiger charge is -2.06. The van der Waals surface area contributed by atoms with E-state index in [1.54, 1.807) is 11.8 Å². The second-order valence-corrected chi connectivity index (χ2v) is 3.16. The van der Waals surface area contributed by atoms with Crippen LogP contribution in [0.25, 0.3) is 0 Å². The molecule has 4 heteroatoms. The van der Waals surface area contributed by atoms with Crippen molar-refractivity contribution in [2.45, 2.75) is 18.9 Å². The quantitative estimate of drug-likeness (QED) is 0.496. The molecule has 1 N–H and O–H groups in total. The summed E-state index contributed by atoms with van der Waals surface area (Å²) in [6, 6.07) is 0. The SMILES string of the molecule is COC(=O)C(O)CCCSC. The van der Waals surface area contributed by atoms with E-state index in [0.29, 0.717) is 6.42 Å². The van der Waals surface area contributed by atoms with Crippen molar-refractivity contribution in [2.75, 3.05) is 19.1 Å². The molecular weight excluding hydrogens is 164 g/mol. The van der Waals surface area contributed by atoms with Gasteiger partial charge in [-0.05, 0) is 24.9 Å². The van der Waals surface area contributed by atoms with Gasteiger partial charge >= 0.3 is 5.97 Å². The monoisotopic (exact) mass is 178 g/mol. The third-order valence-electron chi connectivity index (χ3n) is 1.30. The number of esters is 1. The van der Waals surface area contributed by atoms with Gasteiger partial charge in [-0.25, -0.2) is 4.79 Å². The number of methoxy groups -OCH3 is 1. The second kappa shape index (κ2) is 6.49. The number of rotatable bonds is 5. The highest BCUT2D eigenvalue weighted by molar-refractivity contribution is 7.98. The smallest absolute Gasteiger partial charge is 0.334 e. The van der Waals surface area contributed by atoms with Gasteiger partial charge in [0.15, 0.2) is 6.10 Å². The molecule has 1 unspecified atom stereocenters. The number of aliphatic hydroxyl groups is 1. The second-order valence-electron chi connectivity index (χ2n) is 2.17. The van der Waals surface area contributed by atoms with Crippen LogP contribution in [0.4, 0.5) is 0 Å². The molecule has 0 aliphatic carbocycles. The predicted octanol–water partition coefficient (Wildman–Crippen LogP) is 0.663. The lowest BCUT2D eigenvalue weighted by Crippen LogP contribution is -2.21. The molecule has 0 radical (unpaired) electrons. The van der Waals surface area contributed by atoms with Crippen molar-refractivity contribution >= 4 is 17.7 Å². The van der Waals surface area contributed by atoms with Gasteiger partial charge in [0, 0.05) is 0 Å². The number of hydrogen-bond donors (Lipinski definition) is 1. The summed E-state index contributed by atoms with van der Waals surface area (Å²) in [6.45, 7) is 0. The molecular formula is C7H14O3S. The van der Waals surface area contributed by atoms with Crippen molar-refractivity contribution in [1.29, 1.82) is 0 Å². The molecule has 3 nitrogen and oxygen atoms in total. The Morgan fingerprint density at radius 2 is 2.36 bits per heavy atom. The number of aliphatic hydroxyl groups excluding tert-OH is 1. The van der Waals surface area contributed by atoms with Crippen LogP contribution in [0.15, 0.2) is 0 Å². The first-order chi connectivity index (χ1) is 5.22. The maximum Gasteiger partial charge on any atom is 0.334 e. The minimum Gasteiger partial charge on any atom is -0.467 e. The van der Waals surface area contributed by atoms with E-state index in [0.717, 1.165) is 12.2 Å². The molecule has 0 spiro atoms. The summed E-state index contributed by atoms with van der Waals surface area (Å²) in [5, 5.41) is 9.06. The molecule has 0 aliphatic rings. The normalized spacial score (nSPS) is 12.6. The molecule has 0 bridgehead atoms. The van der Waals surface area contributed by atoms with Gasteiger partial charge in [-0.1, -0.05) is 0 Å². The third kappa shape index (κ3) is 5.09. The van der Waals surface area contributed by atoms with Crippen LogP contribution in [0.3, 0.4) is 0 Å². The van der Waals surface area contributed by atoms with Crippen molar-refractivity contribution in [2.24, 2.45) is 0 Å². The summed E-state index contributed by atoms with van der Waals surface area (Å²) < 4.78 is 4.35. The Bertz CT molecular complexity index is 116. The average Bonchev–Trinajstić information content (AvgIpc) is 2.03. The fourth-order valence-corrected chi connectivity index (χ4v) is 1.13. The van der Waals surface area contributed by atoms with E-state index in [-0.39, 0.29) is 0 Å². The molecule has 0 rings (SSSR count). The highest BCUT2D eigenvalue weighted by atomic mass is 32.2. The third-order valence-corrected chi connectivity index (χ3v) is 2.00. The van der Waals surface area contributed by atoms with Crippen molar-refractivity contribution in [3.05, 3.63) is 0 Å². The molecule has 0 fully saturated rings. The molecule has 0 amide bonds. The lowest BCUT2D eigenvalue weighted by atomic mass is 10.2. The van der Waals surface area contributed by atoms with Gasteiger partial charge in [-0.15, -0.1) is 0 Å². The summed E-state index contributed by atoms with van der Waals surface area (Å²) in [5.74, 6) is 0.430. The fourth-order valence-electron chi connectivity index (χ4n) is 0.675. The minimum absolute atomic E-state index is 0.494. The van der Waals surface area contributed by atoms with E-state index in [2.05, 4.69) is 4.74 Å². The van der Waals surface area contributed by atoms with Gasteiger partial charge in [0.2, 0.25) is 0 Å². The summed E-state index contributed by atoms with van der Waals surface area (Å²) in [5.41, 5.74) is 0. The fraction of sp³-hybridized carbons (Fsp3) is 0.857. The van der Waals surface area contributed by atoms with Gasteiger partial charge in [0.05, 0.1) is 7.11 Å². The van der Waals surface area contributed by atoms with Gasteiger partial charge in [-0.2, -0.15) is 11.8 Å². The number of carbonyl (C=O) groups excluding carboxylic acids is 1. The maximum atomic E-state index is 10.6. The van der Waals surface area contributed by atoms with Crippen LogP contribution < -0.4 is 0 Å². The predicted molar refractivity (Wildman–Crippen MR) is 45.6 cm³/mol. The first-order valence-electron chi connectivity index (χ1n) is 3.47. The molecule has 0 aromatic carbocycles. The Labute approximate surface area is 71.1 Å². The van der Waals surface area contributed by atoms with Crippen LogP contribution in [0.5, 0.6) is 0 Å². The maximum absolute atomic E-state index is 10.6. The zero-order chi connectivity index (χ0) is 8.69. The van der Waals surface area contributed by atoms with Gasteiger partial charge in [0.25, 0.3) is 0 Å². The van der Waals surface area contributed by atoms with Gasteiger partial charge < -0.3 is 9.84 Å². The summed E-state index contributed by atoms with van der Waals surface area (Å²) in [7, 11) is 1.28. The molecule has 66 valence electrons. The topological polar surface area (TPSA) is 46.5 Å².